The maximum absolute atomic E-state index is 6.37. The van der Waals surface area contributed by atoms with Crippen LogP contribution in [0.5, 0.6) is 0 Å². The smallest absolute Gasteiger partial charge is 0.0760 e. The van der Waals surface area contributed by atoms with Crippen LogP contribution in [0.2, 0.25) is 5.02 Å². The lowest BCUT2D eigenvalue weighted by molar-refractivity contribution is -0.0768. The molecule has 0 aromatic carbocycles. The molecule has 0 bridgehead atoms. The van der Waals surface area contributed by atoms with Gasteiger partial charge in [0.05, 0.1) is 28.0 Å². The first-order valence-corrected chi connectivity index (χ1v) is 6.67. The quantitative estimate of drug-likeness (QED) is 0.895. The lowest BCUT2D eigenvalue weighted by Crippen LogP contribution is -2.36. The summed E-state index contributed by atoms with van der Waals surface area (Å²) >= 11 is 6.18. The number of halogens is 1. The van der Waals surface area contributed by atoms with E-state index in [1.807, 2.05) is 12.1 Å². The van der Waals surface area contributed by atoms with E-state index >= 15 is 0 Å². The average molecular weight is 269 g/mol. The molecule has 1 aromatic rings. The van der Waals surface area contributed by atoms with E-state index in [-0.39, 0.29) is 23.2 Å². The Balaban J connectivity index is 2.30. The van der Waals surface area contributed by atoms with Gasteiger partial charge in [-0.3, -0.25) is 4.98 Å². The third-order valence-electron chi connectivity index (χ3n) is 3.68. The van der Waals surface area contributed by atoms with Crippen LogP contribution in [0.25, 0.3) is 0 Å². The molecule has 0 spiro atoms. The number of nitrogens with zero attached hydrogens (tertiary/aromatic N) is 1. The van der Waals surface area contributed by atoms with Crippen LogP contribution in [-0.4, -0.2) is 16.2 Å². The lowest BCUT2D eigenvalue weighted by Gasteiger charge is -2.31. The standard InChI is InChI=1S/C14H21ClN2O/c1-13(2)8-9(14(3,4)18-13)11(16)12-10(15)6-5-7-17-12/h5-7,9,11H,8,16H2,1-4H3. The monoisotopic (exact) mass is 268 g/mol. The van der Waals surface area contributed by atoms with Gasteiger partial charge in [0.1, 0.15) is 0 Å². The summed E-state index contributed by atoms with van der Waals surface area (Å²) in [5, 5.41) is 0.630. The first-order valence-electron chi connectivity index (χ1n) is 6.29. The van der Waals surface area contributed by atoms with E-state index < -0.39 is 0 Å². The van der Waals surface area contributed by atoms with Gasteiger partial charge in [0.25, 0.3) is 0 Å². The van der Waals surface area contributed by atoms with Crippen molar-refractivity contribution < 1.29 is 4.74 Å². The van der Waals surface area contributed by atoms with Gasteiger partial charge in [-0.1, -0.05) is 11.6 Å². The fraction of sp³-hybridized carbons (Fsp3) is 0.643. The molecule has 1 aliphatic heterocycles. The fourth-order valence-corrected chi connectivity index (χ4v) is 3.25. The molecule has 2 heterocycles. The Labute approximate surface area is 114 Å². The summed E-state index contributed by atoms with van der Waals surface area (Å²) in [4.78, 5) is 4.32. The van der Waals surface area contributed by atoms with Gasteiger partial charge in [-0.25, -0.2) is 0 Å². The van der Waals surface area contributed by atoms with Crippen molar-refractivity contribution in [3.8, 4) is 0 Å². The molecule has 2 atom stereocenters. The molecule has 100 valence electrons. The van der Waals surface area contributed by atoms with Crippen LogP contribution >= 0.6 is 11.6 Å². The third kappa shape index (κ3) is 2.53. The van der Waals surface area contributed by atoms with Gasteiger partial charge in [-0.15, -0.1) is 0 Å². The minimum atomic E-state index is -0.260. The molecule has 1 aliphatic rings. The van der Waals surface area contributed by atoms with Crippen LogP contribution in [0.4, 0.5) is 0 Å². The molecular weight excluding hydrogens is 248 g/mol. The first kappa shape index (κ1) is 13.8. The molecule has 18 heavy (non-hydrogen) atoms. The van der Waals surface area contributed by atoms with Crippen LogP contribution in [0.1, 0.15) is 45.9 Å². The number of hydrogen-bond acceptors (Lipinski definition) is 3. The zero-order chi connectivity index (χ0) is 13.6. The predicted molar refractivity (Wildman–Crippen MR) is 73.5 cm³/mol. The van der Waals surface area contributed by atoms with E-state index in [9.17, 15) is 0 Å². The molecule has 2 rings (SSSR count). The van der Waals surface area contributed by atoms with Gasteiger partial charge < -0.3 is 10.5 Å². The van der Waals surface area contributed by atoms with E-state index in [0.717, 1.165) is 12.1 Å². The zero-order valence-corrected chi connectivity index (χ0v) is 12.2. The van der Waals surface area contributed by atoms with Gasteiger partial charge in [0.15, 0.2) is 0 Å². The molecular formula is C14H21ClN2O. The molecule has 0 aliphatic carbocycles. The molecule has 1 saturated heterocycles. The topological polar surface area (TPSA) is 48.1 Å². The molecule has 3 nitrogen and oxygen atoms in total. The summed E-state index contributed by atoms with van der Waals surface area (Å²) in [6.45, 7) is 8.37. The van der Waals surface area contributed by atoms with Crippen LogP contribution in [0.15, 0.2) is 18.3 Å². The van der Waals surface area contributed by atoms with Gasteiger partial charge >= 0.3 is 0 Å². The second-order valence-corrected chi connectivity index (χ2v) is 6.58. The number of nitrogens with two attached hydrogens (primary N) is 1. The second-order valence-electron chi connectivity index (χ2n) is 6.17. The predicted octanol–water partition coefficient (Wildman–Crippen LogP) is 3.33. The third-order valence-corrected chi connectivity index (χ3v) is 4.00. The molecule has 4 heteroatoms. The highest BCUT2D eigenvalue weighted by Gasteiger charge is 2.49. The number of aromatic nitrogens is 1. The van der Waals surface area contributed by atoms with E-state index in [1.54, 1.807) is 6.20 Å². The maximum atomic E-state index is 6.37. The van der Waals surface area contributed by atoms with Crippen molar-refractivity contribution in [2.45, 2.75) is 51.4 Å². The Morgan fingerprint density at radius 2 is 2.11 bits per heavy atom. The minimum absolute atomic E-state index is 0.146. The number of ether oxygens (including phenoxy) is 1. The van der Waals surface area contributed by atoms with Crippen LogP contribution in [-0.2, 0) is 4.74 Å². The highest BCUT2D eigenvalue weighted by atomic mass is 35.5. The molecule has 0 radical (unpaired) electrons. The van der Waals surface area contributed by atoms with E-state index in [2.05, 4.69) is 32.7 Å². The Morgan fingerprint density at radius 3 is 2.61 bits per heavy atom. The van der Waals surface area contributed by atoms with Gasteiger partial charge in [0, 0.05) is 12.1 Å². The Hall–Kier alpha value is -0.640. The number of hydrogen-bond donors (Lipinski definition) is 1. The molecule has 1 aromatic heterocycles. The van der Waals surface area contributed by atoms with Crippen molar-refractivity contribution in [2.24, 2.45) is 11.7 Å². The number of pyridine rings is 1. The van der Waals surface area contributed by atoms with Crippen LogP contribution < -0.4 is 5.73 Å². The maximum Gasteiger partial charge on any atom is 0.0760 e. The van der Waals surface area contributed by atoms with E-state index in [4.69, 9.17) is 22.1 Å². The van der Waals surface area contributed by atoms with Crippen molar-refractivity contribution in [1.82, 2.24) is 4.98 Å². The summed E-state index contributed by atoms with van der Waals surface area (Å²) in [7, 11) is 0. The lowest BCUT2D eigenvalue weighted by atomic mass is 9.80. The Bertz CT molecular complexity index is 445. The van der Waals surface area contributed by atoms with Gasteiger partial charge in [0.2, 0.25) is 0 Å². The molecule has 0 saturated carbocycles. The average Bonchev–Trinajstić information content (AvgIpc) is 2.46. The summed E-state index contributed by atoms with van der Waals surface area (Å²) in [5.41, 5.74) is 6.73. The molecule has 1 fully saturated rings. The van der Waals surface area contributed by atoms with E-state index in [1.165, 1.54) is 0 Å². The molecule has 2 unspecified atom stereocenters. The van der Waals surface area contributed by atoms with Crippen molar-refractivity contribution >= 4 is 11.6 Å². The van der Waals surface area contributed by atoms with E-state index in [0.29, 0.717) is 5.02 Å². The zero-order valence-electron chi connectivity index (χ0n) is 11.4. The highest BCUT2D eigenvalue weighted by molar-refractivity contribution is 6.31. The normalized spacial score (nSPS) is 27.1. The molecule has 0 amide bonds. The van der Waals surface area contributed by atoms with Crippen molar-refractivity contribution in [3.63, 3.8) is 0 Å². The summed E-state index contributed by atoms with van der Waals surface area (Å²) in [6, 6.07) is 3.45. The largest absolute Gasteiger partial charge is 0.369 e. The Kier molecular flexibility index (Phi) is 3.43. The van der Waals surface area contributed by atoms with Crippen molar-refractivity contribution in [1.29, 1.82) is 0 Å². The summed E-state index contributed by atoms with van der Waals surface area (Å²) in [6.07, 6.45) is 2.64. The van der Waals surface area contributed by atoms with Crippen LogP contribution in [0, 0.1) is 5.92 Å². The second kappa shape index (κ2) is 4.48. The van der Waals surface area contributed by atoms with Crippen LogP contribution in [0.3, 0.4) is 0 Å². The van der Waals surface area contributed by atoms with Gasteiger partial charge in [-0.05, 0) is 46.2 Å². The number of rotatable bonds is 2. The summed E-state index contributed by atoms with van der Waals surface area (Å²) in [5.74, 6) is 0.208. The fourth-order valence-electron chi connectivity index (χ4n) is 3.00. The SMILES string of the molecule is CC1(C)CC(C(N)c2ncccc2Cl)C(C)(C)O1. The van der Waals surface area contributed by atoms with Crippen molar-refractivity contribution in [2.75, 3.05) is 0 Å². The van der Waals surface area contributed by atoms with Crippen molar-refractivity contribution in [3.05, 3.63) is 29.0 Å². The summed E-state index contributed by atoms with van der Waals surface area (Å²) < 4.78 is 6.08. The Morgan fingerprint density at radius 1 is 1.44 bits per heavy atom. The highest BCUT2D eigenvalue weighted by Crippen LogP contribution is 2.47. The first-order chi connectivity index (χ1) is 8.23. The minimum Gasteiger partial charge on any atom is -0.369 e. The van der Waals surface area contributed by atoms with Gasteiger partial charge in [-0.2, -0.15) is 0 Å². The molecule has 2 N–H and O–H groups in total.